The Hall–Kier alpha value is -1.96. The Kier molecular flexibility index (Phi) is 6.09. The summed E-state index contributed by atoms with van der Waals surface area (Å²) in [5, 5.41) is 8.37. The summed E-state index contributed by atoms with van der Waals surface area (Å²) in [5.74, 6) is -0.510. The lowest BCUT2D eigenvalue weighted by atomic mass is 10.2. The molecule has 0 saturated carbocycles. The second kappa shape index (κ2) is 8.05. The third-order valence-electron chi connectivity index (χ3n) is 3.14. The van der Waals surface area contributed by atoms with Crippen LogP contribution in [0.5, 0.6) is 0 Å². The zero-order chi connectivity index (χ0) is 16.8. The van der Waals surface area contributed by atoms with E-state index in [1.54, 1.807) is 23.6 Å². The van der Waals surface area contributed by atoms with Crippen molar-refractivity contribution in [3.63, 3.8) is 0 Å². The number of carbonyl (C=O) groups is 2. The van der Waals surface area contributed by atoms with Gasteiger partial charge >= 0.3 is 0 Å². The number of benzene rings is 1. The quantitative estimate of drug-likeness (QED) is 0.743. The number of nitrogens with one attached hydrogen (secondary N) is 2. The molecule has 0 unspecified atom stereocenters. The fourth-order valence-electron chi connectivity index (χ4n) is 1.84. The van der Waals surface area contributed by atoms with Crippen LogP contribution >= 0.6 is 22.9 Å². The minimum Gasteiger partial charge on any atom is -0.350 e. The van der Waals surface area contributed by atoms with Crippen LogP contribution in [0, 0.1) is 6.92 Å². The van der Waals surface area contributed by atoms with Crippen LogP contribution in [0.3, 0.4) is 0 Å². The summed E-state index contributed by atoms with van der Waals surface area (Å²) < 4.78 is 0. The molecule has 1 aromatic carbocycles. The third-order valence-corrected chi connectivity index (χ3v) is 4.42. The van der Waals surface area contributed by atoms with E-state index in [-0.39, 0.29) is 24.8 Å². The van der Waals surface area contributed by atoms with Crippen LogP contribution in [0.4, 0.5) is 5.69 Å². The van der Waals surface area contributed by atoms with Crippen LogP contribution in [0.25, 0.3) is 0 Å². The molecule has 0 atom stereocenters. The standard InChI is InChI=1S/C15H17ClN4O2S/c1-9-10(16)3-2-4-11(9)19-13(21)5-6-18-15(22)12-8-23-14(7-17)20-12/h2-4,8H,5-7,17H2,1H3,(H,18,22)(H,19,21). The molecule has 1 aromatic heterocycles. The lowest BCUT2D eigenvalue weighted by Crippen LogP contribution is -2.28. The number of aromatic nitrogens is 1. The van der Waals surface area contributed by atoms with E-state index in [0.717, 1.165) is 5.56 Å². The molecule has 0 bridgehead atoms. The van der Waals surface area contributed by atoms with Crippen molar-refractivity contribution in [2.75, 3.05) is 11.9 Å². The zero-order valence-corrected chi connectivity index (χ0v) is 14.1. The number of hydrogen-bond acceptors (Lipinski definition) is 5. The molecule has 1 heterocycles. The lowest BCUT2D eigenvalue weighted by Gasteiger charge is -2.09. The van der Waals surface area contributed by atoms with Gasteiger partial charge in [0.1, 0.15) is 10.7 Å². The van der Waals surface area contributed by atoms with Gasteiger partial charge in [0.15, 0.2) is 0 Å². The first-order valence-electron chi connectivity index (χ1n) is 6.99. The minimum atomic E-state index is -0.312. The van der Waals surface area contributed by atoms with Crippen molar-refractivity contribution in [1.82, 2.24) is 10.3 Å². The van der Waals surface area contributed by atoms with E-state index in [0.29, 0.717) is 28.0 Å². The van der Waals surface area contributed by atoms with Crippen molar-refractivity contribution >= 4 is 40.4 Å². The molecule has 23 heavy (non-hydrogen) atoms. The van der Waals surface area contributed by atoms with Gasteiger partial charge in [0.05, 0.1) is 0 Å². The van der Waals surface area contributed by atoms with Gasteiger partial charge in [0.25, 0.3) is 5.91 Å². The van der Waals surface area contributed by atoms with Crippen LogP contribution in [0.2, 0.25) is 5.02 Å². The Bertz CT molecular complexity index is 717. The zero-order valence-electron chi connectivity index (χ0n) is 12.6. The van der Waals surface area contributed by atoms with Crippen LogP contribution < -0.4 is 16.4 Å². The predicted molar refractivity (Wildman–Crippen MR) is 91.8 cm³/mol. The molecule has 0 radical (unpaired) electrons. The van der Waals surface area contributed by atoms with E-state index >= 15 is 0 Å². The summed E-state index contributed by atoms with van der Waals surface area (Å²) in [6.45, 7) is 2.36. The lowest BCUT2D eigenvalue weighted by molar-refractivity contribution is -0.116. The third kappa shape index (κ3) is 4.75. The highest BCUT2D eigenvalue weighted by atomic mass is 35.5. The van der Waals surface area contributed by atoms with E-state index in [4.69, 9.17) is 17.3 Å². The maximum Gasteiger partial charge on any atom is 0.270 e. The number of amides is 2. The highest BCUT2D eigenvalue weighted by Crippen LogP contribution is 2.22. The first-order chi connectivity index (χ1) is 11.0. The molecule has 4 N–H and O–H groups in total. The van der Waals surface area contributed by atoms with Gasteiger partial charge in [-0.25, -0.2) is 4.98 Å². The molecule has 2 aromatic rings. The average molecular weight is 353 g/mol. The second-order valence-corrected chi connectivity index (χ2v) is 6.15. The van der Waals surface area contributed by atoms with Crippen molar-refractivity contribution in [1.29, 1.82) is 0 Å². The van der Waals surface area contributed by atoms with Crippen molar-refractivity contribution in [3.05, 3.63) is 44.9 Å². The highest BCUT2D eigenvalue weighted by molar-refractivity contribution is 7.09. The summed E-state index contributed by atoms with van der Waals surface area (Å²) in [5.41, 5.74) is 7.25. The molecule has 0 aliphatic carbocycles. The summed E-state index contributed by atoms with van der Waals surface area (Å²) in [6, 6.07) is 5.31. The van der Waals surface area contributed by atoms with Gasteiger partial charge in [-0.1, -0.05) is 17.7 Å². The van der Waals surface area contributed by atoms with E-state index in [1.165, 1.54) is 11.3 Å². The summed E-state index contributed by atoms with van der Waals surface area (Å²) >= 11 is 7.34. The normalized spacial score (nSPS) is 10.4. The van der Waals surface area contributed by atoms with Gasteiger partial charge in [-0.05, 0) is 24.6 Å². The maximum atomic E-state index is 11.9. The number of rotatable bonds is 6. The fraction of sp³-hybridized carbons (Fsp3) is 0.267. The number of hydrogen-bond donors (Lipinski definition) is 3. The van der Waals surface area contributed by atoms with Gasteiger partial charge in [-0.3, -0.25) is 9.59 Å². The second-order valence-electron chi connectivity index (χ2n) is 4.80. The summed E-state index contributed by atoms with van der Waals surface area (Å²) in [7, 11) is 0. The molecule has 2 amide bonds. The van der Waals surface area contributed by atoms with Gasteiger partial charge in [0, 0.05) is 35.6 Å². The maximum absolute atomic E-state index is 11.9. The number of carbonyl (C=O) groups excluding carboxylic acids is 2. The number of nitrogens with zero attached hydrogens (tertiary/aromatic N) is 1. The van der Waals surface area contributed by atoms with Crippen molar-refractivity contribution in [3.8, 4) is 0 Å². The van der Waals surface area contributed by atoms with Crippen LogP contribution in [0.1, 0.15) is 27.5 Å². The molecule has 0 fully saturated rings. The van der Waals surface area contributed by atoms with Crippen molar-refractivity contribution < 1.29 is 9.59 Å². The predicted octanol–water partition coefficient (Wildman–Crippen LogP) is 2.32. The molecule has 0 saturated heterocycles. The number of anilines is 1. The molecular weight excluding hydrogens is 336 g/mol. The van der Waals surface area contributed by atoms with Gasteiger partial charge in [0.2, 0.25) is 5.91 Å². The first-order valence-corrected chi connectivity index (χ1v) is 8.24. The molecule has 6 nitrogen and oxygen atoms in total. The Morgan fingerprint density at radius 3 is 2.87 bits per heavy atom. The number of thiazole rings is 1. The van der Waals surface area contributed by atoms with Crippen LogP contribution in [-0.4, -0.2) is 23.3 Å². The average Bonchev–Trinajstić information content (AvgIpc) is 3.01. The number of halogens is 1. The Morgan fingerprint density at radius 2 is 2.17 bits per heavy atom. The Morgan fingerprint density at radius 1 is 1.39 bits per heavy atom. The molecule has 0 aliphatic heterocycles. The van der Waals surface area contributed by atoms with Crippen molar-refractivity contribution in [2.24, 2.45) is 5.73 Å². The Labute approximate surface area is 143 Å². The molecule has 0 aliphatic rings. The van der Waals surface area contributed by atoms with E-state index in [9.17, 15) is 9.59 Å². The first kappa shape index (κ1) is 17.4. The smallest absolute Gasteiger partial charge is 0.270 e. The minimum absolute atomic E-state index is 0.158. The molecule has 2 rings (SSSR count). The monoisotopic (exact) mass is 352 g/mol. The van der Waals surface area contributed by atoms with Crippen LogP contribution in [0.15, 0.2) is 23.6 Å². The summed E-state index contributed by atoms with van der Waals surface area (Å²) in [4.78, 5) is 27.8. The van der Waals surface area contributed by atoms with E-state index in [1.807, 2.05) is 6.92 Å². The molecule has 0 spiro atoms. The van der Waals surface area contributed by atoms with Gasteiger partial charge < -0.3 is 16.4 Å². The molecule has 8 heteroatoms. The molecule has 122 valence electrons. The molecular formula is C15H17ClN4O2S. The fourth-order valence-corrected chi connectivity index (χ4v) is 2.67. The summed E-state index contributed by atoms with van der Waals surface area (Å²) in [6.07, 6.45) is 0.158. The largest absolute Gasteiger partial charge is 0.350 e. The van der Waals surface area contributed by atoms with Crippen molar-refractivity contribution in [2.45, 2.75) is 19.9 Å². The highest BCUT2D eigenvalue weighted by Gasteiger charge is 2.11. The van der Waals surface area contributed by atoms with Gasteiger partial charge in [-0.2, -0.15) is 0 Å². The Balaban J connectivity index is 1.80. The van der Waals surface area contributed by atoms with E-state index in [2.05, 4.69) is 15.6 Å². The SMILES string of the molecule is Cc1c(Cl)cccc1NC(=O)CCNC(=O)c1csc(CN)n1. The number of nitrogens with two attached hydrogens (primary N) is 1. The topological polar surface area (TPSA) is 97.1 Å². The van der Waals surface area contributed by atoms with Gasteiger partial charge in [-0.15, -0.1) is 11.3 Å². The van der Waals surface area contributed by atoms with Crippen LogP contribution in [-0.2, 0) is 11.3 Å². The van der Waals surface area contributed by atoms with E-state index < -0.39 is 0 Å².